The molecule has 0 spiro atoms. The molecule has 5 rings (SSSR count). The van der Waals surface area contributed by atoms with E-state index in [1.54, 1.807) is 20.4 Å². The number of aliphatic hydroxyl groups excluding tert-OH is 2. The summed E-state index contributed by atoms with van der Waals surface area (Å²) in [5.74, 6) is 1.03. The maximum Gasteiger partial charge on any atom is 0.163 e. The van der Waals surface area contributed by atoms with E-state index in [0.717, 1.165) is 68.9 Å². The molecule has 1 aromatic carbocycles. The van der Waals surface area contributed by atoms with Gasteiger partial charge in [0.15, 0.2) is 11.5 Å². The fourth-order valence-electron chi connectivity index (χ4n) is 6.53. The lowest BCUT2D eigenvalue weighted by Crippen LogP contribution is -2.08. The van der Waals surface area contributed by atoms with E-state index in [4.69, 9.17) is 38.9 Å². The minimum absolute atomic E-state index is 0.0869. The molecule has 0 aliphatic carbocycles. The molecule has 2 aromatic heterocycles. The summed E-state index contributed by atoms with van der Waals surface area (Å²) >= 11 is 0. The van der Waals surface area contributed by atoms with Crippen molar-refractivity contribution < 1.29 is 29.2 Å². The zero-order valence-corrected chi connectivity index (χ0v) is 30.8. The Bertz CT molecular complexity index is 1970. The summed E-state index contributed by atoms with van der Waals surface area (Å²) < 4.78 is 22.7. The highest BCUT2D eigenvalue weighted by Crippen LogP contribution is 2.38. The number of allylic oxidation sites excluding steroid dienone is 4. The van der Waals surface area contributed by atoms with Crippen LogP contribution in [0.25, 0.3) is 44.4 Å². The molecule has 272 valence electrons. The van der Waals surface area contributed by atoms with Gasteiger partial charge in [0.2, 0.25) is 0 Å². The van der Waals surface area contributed by atoms with Crippen LogP contribution in [0.15, 0.2) is 36.7 Å². The van der Waals surface area contributed by atoms with E-state index in [-0.39, 0.29) is 13.2 Å². The van der Waals surface area contributed by atoms with Crippen LogP contribution in [0.3, 0.4) is 0 Å². The van der Waals surface area contributed by atoms with Gasteiger partial charge in [0, 0.05) is 45.1 Å². The molecule has 0 amide bonds. The zero-order valence-electron chi connectivity index (χ0n) is 30.8. The van der Waals surface area contributed by atoms with Crippen molar-refractivity contribution in [3.63, 3.8) is 0 Å². The Kier molecular flexibility index (Phi) is 13.5. The Hall–Kier alpha value is -4.42. The highest BCUT2D eigenvalue weighted by molar-refractivity contribution is 5.95. The summed E-state index contributed by atoms with van der Waals surface area (Å²) in [4.78, 5) is 23.8. The Labute approximate surface area is 300 Å². The van der Waals surface area contributed by atoms with Crippen molar-refractivity contribution >= 4 is 44.4 Å². The lowest BCUT2D eigenvalue weighted by Gasteiger charge is -2.13. The molecule has 0 radical (unpaired) electrons. The number of ether oxygens (including phenoxy) is 4. The van der Waals surface area contributed by atoms with E-state index < -0.39 is 0 Å². The topological polar surface area (TPSA) is 145 Å². The Morgan fingerprint density at radius 2 is 1.18 bits per heavy atom. The fourth-order valence-corrected chi connectivity index (χ4v) is 6.53. The average Bonchev–Trinajstić information content (AvgIpc) is 3.73. The summed E-state index contributed by atoms with van der Waals surface area (Å²) in [5.41, 5.74) is 13.0. The summed E-state index contributed by atoms with van der Waals surface area (Å²) in [6.45, 7) is 10.1. The van der Waals surface area contributed by atoms with E-state index in [1.807, 2.05) is 18.3 Å². The second-order valence-corrected chi connectivity index (χ2v) is 12.5. The van der Waals surface area contributed by atoms with Gasteiger partial charge in [-0.3, -0.25) is 9.97 Å². The van der Waals surface area contributed by atoms with Crippen molar-refractivity contribution in [2.75, 3.05) is 53.9 Å². The van der Waals surface area contributed by atoms with E-state index in [1.165, 1.54) is 11.1 Å². The number of aliphatic hydroxyl groups is 2. The molecule has 2 aliphatic heterocycles. The molecule has 0 saturated carbocycles. The van der Waals surface area contributed by atoms with Gasteiger partial charge < -0.3 is 34.1 Å². The van der Waals surface area contributed by atoms with Gasteiger partial charge >= 0.3 is 0 Å². The van der Waals surface area contributed by atoms with Crippen molar-refractivity contribution in [2.24, 2.45) is 0 Å². The van der Waals surface area contributed by atoms with Crippen LogP contribution in [0.5, 0.6) is 11.5 Å². The van der Waals surface area contributed by atoms with Crippen LogP contribution in [0.2, 0.25) is 0 Å². The van der Waals surface area contributed by atoms with Crippen LogP contribution >= 0.6 is 0 Å². The zero-order chi connectivity index (χ0) is 36.3. The van der Waals surface area contributed by atoms with Crippen molar-refractivity contribution in [1.29, 1.82) is 0 Å². The van der Waals surface area contributed by atoms with Gasteiger partial charge in [-0.1, -0.05) is 13.8 Å². The molecule has 0 saturated heterocycles. The predicted octanol–water partition coefficient (Wildman–Crippen LogP) is 7.06. The van der Waals surface area contributed by atoms with Crippen LogP contribution in [-0.4, -0.2) is 89.0 Å². The van der Waals surface area contributed by atoms with Gasteiger partial charge in [-0.05, 0) is 97.9 Å². The highest BCUT2D eigenvalue weighted by Gasteiger charge is 2.22. The first-order valence-electron chi connectivity index (χ1n) is 17.8. The number of hydrogen-bond acceptors (Lipinski definition) is 10. The first-order chi connectivity index (χ1) is 24.9. The van der Waals surface area contributed by atoms with Gasteiger partial charge in [-0.2, -0.15) is 0 Å². The number of nitrogens with one attached hydrogen (secondary N) is 1. The van der Waals surface area contributed by atoms with Crippen molar-refractivity contribution in [3.05, 3.63) is 70.6 Å². The van der Waals surface area contributed by atoms with Crippen LogP contribution in [0, 0.1) is 6.92 Å². The van der Waals surface area contributed by atoms with Crippen LogP contribution in [-0.2, 0) is 15.9 Å². The SMILES string of the molecule is CCC1=C(CC)c2cc3[nH]c(cnc4cc(OCCOC)c(OCCOC)cc4ncc4nc(cc1n2)C(CCCO)=C4C)c(C)c3CCCO. The average molecular weight is 698 g/mol. The van der Waals surface area contributed by atoms with Gasteiger partial charge in [-0.25, -0.2) is 9.97 Å². The third-order valence-electron chi connectivity index (χ3n) is 9.28. The molecule has 2 aliphatic rings. The smallest absolute Gasteiger partial charge is 0.163 e. The number of nitrogens with zero attached hydrogens (tertiary/aromatic N) is 4. The number of rotatable bonds is 16. The molecule has 3 aromatic rings. The second-order valence-electron chi connectivity index (χ2n) is 12.5. The van der Waals surface area contributed by atoms with Crippen molar-refractivity contribution in [3.8, 4) is 11.5 Å². The Balaban J connectivity index is 1.88. The number of methoxy groups -OCH3 is 2. The Morgan fingerprint density at radius 1 is 0.627 bits per heavy atom. The normalized spacial score (nSPS) is 12.9. The number of benzene rings is 1. The lowest BCUT2D eigenvalue weighted by molar-refractivity contribution is 0.132. The molecule has 11 nitrogen and oxygen atoms in total. The molecule has 4 heterocycles. The minimum atomic E-state index is 0.0869. The van der Waals surface area contributed by atoms with E-state index in [2.05, 4.69) is 44.8 Å². The lowest BCUT2D eigenvalue weighted by atomic mass is 9.98. The Morgan fingerprint density at radius 3 is 1.76 bits per heavy atom. The fraction of sp³-hybridized carbons (Fsp3) is 0.450. The molecular formula is C40H51N5O6. The maximum absolute atomic E-state index is 9.75. The molecular weight excluding hydrogens is 646 g/mol. The molecule has 0 atom stereocenters. The molecule has 51 heavy (non-hydrogen) atoms. The largest absolute Gasteiger partial charge is 0.487 e. The van der Waals surface area contributed by atoms with Gasteiger partial charge in [0.1, 0.15) is 13.2 Å². The highest BCUT2D eigenvalue weighted by atomic mass is 16.5. The molecule has 0 unspecified atom stereocenters. The van der Waals surface area contributed by atoms with Gasteiger partial charge in [-0.15, -0.1) is 0 Å². The first kappa shape index (κ1) is 37.8. The van der Waals surface area contributed by atoms with E-state index in [9.17, 15) is 10.2 Å². The standard InChI is InChI=1S/C40H51N5O6/c1-7-27-28(8-2)32-20-34-30(12-10-14-47)26(4)38(45-34)24-42-36-22-40(51-18-16-49-6)39(50-17-15-48-5)21-35(36)41-23-37-25(3)29(11-9-13-46)33(44-37)19-31(27)43-32/h19-24,44,46-47H,7-18H2,1-6H3. The summed E-state index contributed by atoms with van der Waals surface area (Å²) in [5, 5.41) is 19.5. The van der Waals surface area contributed by atoms with Gasteiger partial charge in [0.25, 0.3) is 0 Å². The summed E-state index contributed by atoms with van der Waals surface area (Å²) in [7, 11) is 3.26. The molecule has 6 bridgehead atoms. The molecule has 0 fully saturated rings. The predicted molar refractivity (Wildman–Crippen MR) is 202 cm³/mol. The van der Waals surface area contributed by atoms with Crippen LogP contribution < -0.4 is 9.47 Å². The van der Waals surface area contributed by atoms with E-state index in [0.29, 0.717) is 74.6 Å². The van der Waals surface area contributed by atoms with Crippen LogP contribution in [0.1, 0.15) is 86.8 Å². The third-order valence-corrected chi connectivity index (χ3v) is 9.28. The number of fused-ring (bicyclic) bond motifs is 7. The number of H-pyrrole nitrogens is 1. The van der Waals surface area contributed by atoms with Crippen molar-refractivity contribution in [2.45, 2.75) is 66.2 Å². The first-order valence-corrected chi connectivity index (χ1v) is 17.8. The second kappa shape index (κ2) is 18.2. The third kappa shape index (κ3) is 8.73. The monoisotopic (exact) mass is 697 g/mol. The number of aromatic nitrogens is 5. The number of aromatic amines is 1. The number of hydrogen-bond donors (Lipinski definition) is 3. The van der Waals surface area contributed by atoms with Crippen LogP contribution in [0.4, 0.5) is 0 Å². The van der Waals surface area contributed by atoms with Crippen molar-refractivity contribution in [1.82, 2.24) is 24.9 Å². The maximum atomic E-state index is 9.75. The van der Waals surface area contributed by atoms with Gasteiger partial charge in [0.05, 0.1) is 64.9 Å². The quantitative estimate of drug-likeness (QED) is 0.133. The van der Waals surface area contributed by atoms with E-state index >= 15 is 0 Å². The molecule has 3 N–H and O–H groups in total. The molecule has 11 heteroatoms. The summed E-state index contributed by atoms with van der Waals surface area (Å²) in [6.07, 6.45) is 7.89. The minimum Gasteiger partial charge on any atom is -0.487 e. The summed E-state index contributed by atoms with van der Waals surface area (Å²) in [6, 6.07) is 7.88. The number of aryl methyl sites for hydroxylation is 2.